The highest BCUT2D eigenvalue weighted by Gasteiger charge is 2.22. The average Bonchev–Trinajstić information content (AvgIpc) is 2.81. The van der Waals surface area contributed by atoms with Gasteiger partial charge in [-0.05, 0) is 73.8 Å². The molecular weight excluding hydrogens is 426 g/mol. The molecule has 3 aromatic rings. The molecule has 2 aliphatic rings. The smallest absolute Gasteiger partial charge is 0.251 e. The topological polar surface area (TPSA) is 89.3 Å². The van der Waals surface area contributed by atoms with Crippen LogP contribution in [-0.4, -0.2) is 36.6 Å². The summed E-state index contributed by atoms with van der Waals surface area (Å²) in [6, 6.07) is 11.4. The minimum absolute atomic E-state index is 0.110. The molecule has 6 nitrogen and oxygen atoms in total. The Bertz CT molecular complexity index is 1210. The number of hydrogen-bond donors (Lipinski definition) is 3. The van der Waals surface area contributed by atoms with Gasteiger partial charge in [-0.25, -0.2) is 9.37 Å². The van der Waals surface area contributed by atoms with Crippen LogP contribution < -0.4 is 21.1 Å². The van der Waals surface area contributed by atoms with E-state index in [0.29, 0.717) is 29.8 Å². The van der Waals surface area contributed by atoms with E-state index in [-0.39, 0.29) is 34.5 Å². The maximum absolute atomic E-state index is 14.9. The van der Waals surface area contributed by atoms with Crippen LogP contribution in [-0.2, 0) is 6.42 Å². The number of carbonyl (C=O) groups is 1. The highest BCUT2D eigenvalue weighted by atomic mass is 19.1. The molecule has 1 saturated heterocycles. The van der Waals surface area contributed by atoms with Crippen LogP contribution >= 0.6 is 0 Å². The van der Waals surface area contributed by atoms with Crippen LogP contribution in [0.5, 0.6) is 5.75 Å². The number of piperidine rings is 1. The zero-order valence-electron chi connectivity index (χ0n) is 18.0. The molecule has 0 unspecified atom stereocenters. The molecule has 1 amide bonds. The first-order valence-corrected chi connectivity index (χ1v) is 11.0. The van der Waals surface area contributed by atoms with Gasteiger partial charge in [0, 0.05) is 28.8 Å². The van der Waals surface area contributed by atoms with Crippen molar-refractivity contribution in [2.24, 2.45) is 0 Å². The molecule has 0 radical (unpaired) electrons. The number of hydrogen-bond acceptors (Lipinski definition) is 5. The molecule has 2 aliphatic heterocycles. The third-order valence-corrected chi connectivity index (χ3v) is 6.17. The number of rotatable bonds is 4. The first kappa shape index (κ1) is 21.3. The van der Waals surface area contributed by atoms with Gasteiger partial charge in [-0.1, -0.05) is 12.1 Å². The van der Waals surface area contributed by atoms with Gasteiger partial charge in [0.1, 0.15) is 23.5 Å². The SMILES string of the molecule is Nc1nc(F)c(-c2ccc(OC3CCNCC3)cc2)cc1-c1cc2c(cc1F)C(=O)NCC2. The van der Waals surface area contributed by atoms with Crippen molar-refractivity contribution < 1.29 is 18.3 Å². The Labute approximate surface area is 190 Å². The number of halogens is 2. The van der Waals surface area contributed by atoms with Crippen molar-refractivity contribution in [2.45, 2.75) is 25.4 Å². The fourth-order valence-corrected chi connectivity index (χ4v) is 4.39. The second-order valence-electron chi connectivity index (χ2n) is 8.35. The van der Waals surface area contributed by atoms with Gasteiger partial charge in [-0.15, -0.1) is 0 Å². The average molecular weight is 450 g/mol. The number of fused-ring (bicyclic) bond motifs is 1. The number of nitrogens with two attached hydrogens (primary N) is 1. The van der Waals surface area contributed by atoms with Crippen molar-refractivity contribution in [1.82, 2.24) is 15.6 Å². The predicted octanol–water partition coefficient (Wildman–Crippen LogP) is 3.69. The fraction of sp³-hybridized carbons (Fsp3) is 0.280. The molecule has 33 heavy (non-hydrogen) atoms. The maximum atomic E-state index is 14.9. The first-order chi connectivity index (χ1) is 16.0. The molecular formula is C25H24F2N4O2. The second kappa shape index (κ2) is 8.78. The molecule has 5 rings (SSSR count). The lowest BCUT2D eigenvalue weighted by Crippen LogP contribution is -2.34. The van der Waals surface area contributed by atoms with Gasteiger partial charge in [0.2, 0.25) is 5.95 Å². The number of amides is 1. The summed E-state index contributed by atoms with van der Waals surface area (Å²) in [5, 5.41) is 6.00. The van der Waals surface area contributed by atoms with Gasteiger partial charge < -0.3 is 21.1 Å². The number of nitrogens with one attached hydrogen (secondary N) is 2. The summed E-state index contributed by atoms with van der Waals surface area (Å²) in [5.41, 5.74) is 8.28. The van der Waals surface area contributed by atoms with Crippen LogP contribution in [0.1, 0.15) is 28.8 Å². The highest BCUT2D eigenvalue weighted by Crippen LogP contribution is 2.35. The Balaban J connectivity index is 1.48. The summed E-state index contributed by atoms with van der Waals surface area (Å²) in [4.78, 5) is 15.8. The molecule has 1 aromatic heterocycles. The van der Waals surface area contributed by atoms with E-state index in [1.165, 1.54) is 12.1 Å². The third-order valence-electron chi connectivity index (χ3n) is 6.17. The van der Waals surface area contributed by atoms with Crippen LogP contribution in [0.3, 0.4) is 0 Å². The summed E-state index contributed by atoms with van der Waals surface area (Å²) in [5.74, 6) is -1.04. The van der Waals surface area contributed by atoms with Crippen LogP contribution in [0, 0.1) is 11.8 Å². The minimum Gasteiger partial charge on any atom is -0.490 e. The molecule has 0 saturated carbocycles. The zero-order chi connectivity index (χ0) is 22.9. The minimum atomic E-state index is -0.735. The largest absolute Gasteiger partial charge is 0.490 e. The number of pyridine rings is 1. The van der Waals surface area contributed by atoms with E-state index in [1.54, 1.807) is 30.3 Å². The number of anilines is 1. The summed E-state index contributed by atoms with van der Waals surface area (Å²) < 4.78 is 35.7. The van der Waals surface area contributed by atoms with E-state index in [9.17, 15) is 13.6 Å². The Morgan fingerprint density at radius 3 is 2.45 bits per heavy atom. The van der Waals surface area contributed by atoms with Gasteiger partial charge in [0.05, 0.1) is 0 Å². The van der Waals surface area contributed by atoms with Crippen LogP contribution in [0.4, 0.5) is 14.6 Å². The molecule has 0 aliphatic carbocycles. The fourth-order valence-electron chi connectivity index (χ4n) is 4.39. The summed E-state index contributed by atoms with van der Waals surface area (Å²) in [6.07, 6.45) is 2.62. The Hall–Kier alpha value is -3.52. The van der Waals surface area contributed by atoms with Gasteiger partial charge in [0.15, 0.2) is 0 Å². The van der Waals surface area contributed by atoms with E-state index in [2.05, 4.69) is 15.6 Å². The molecule has 0 spiro atoms. The first-order valence-electron chi connectivity index (χ1n) is 11.0. The van der Waals surface area contributed by atoms with Crippen molar-refractivity contribution >= 4 is 11.7 Å². The van der Waals surface area contributed by atoms with E-state index in [0.717, 1.165) is 31.5 Å². The zero-order valence-corrected chi connectivity index (χ0v) is 18.0. The lowest BCUT2D eigenvalue weighted by Gasteiger charge is -2.23. The number of carbonyl (C=O) groups excluding carboxylic acids is 1. The van der Waals surface area contributed by atoms with Crippen molar-refractivity contribution in [3.05, 3.63) is 65.4 Å². The van der Waals surface area contributed by atoms with Gasteiger partial charge in [-0.2, -0.15) is 4.39 Å². The van der Waals surface area contributed by atoms with Gasteiger partial charge >= 0.3 is 0 Å². The van der Waals surface area contributed by atoms with Crippen LogP contribution in [0.25, 0.3) is 22.3 Å². The molecule has 0 bridgehead atoms. The van der Waals surface area contributed by atoms with Crippen molar-refractivity contribution in [1.29, 1.82) is 0 Å². The number of ether oxygens (including phenoxy) is 1. The Morgan fingerprint density at radius 1 is 0.939 bits per heavy atom. The molecule has 0 atom stereocenters. The van der Waals surface area contributed by atoms with Gasteiger partial charge in [-0.3, -0.25) is 4.79 Å². The lowest BCUT2D eigenvalue weighted by molar-refractivity contribution is 0.0945. The van der Waals surface area contributed by atoms with Crippen molar-refractivity contribution in [3.8, 4) is 28.0 Å². The molecule has 4 N–H and O–H groups in total. The van der Waals surface area contributed by atoms with Gasteiger partial charge in [0.25, 0.3) is 5.91 Å². The van der Waals surface area contributed by atoms with E-state index < -0.39 is 11.8 Å². The summed E-state index contributed by atoms with van der Waals surface area (Å²) in [6.45, 7) is 2.33. The lowest BCUT2D eigenvalue weighted by atomic mass is 9.93. The van der Waals surface area contributed by atoms with Crippen LogP contribution in [0.2, 0.25) is 0 Å². The normalized spacial score (nSPS) is 16.2. The maximum Gasteiger partial charge on any atom is 0.251 e. The summed E-state index contributed by atoms with van der Waals surface area (Å²) in [7, 11) is 0. The number of aromatic nitrogens is 1. The number of nitrogens with zero attached hydrogens (tertiary/aromatic N) is 1. The molecule has 2 aromatic carbocycles. The molecule has 170 valence electrons. The second-order valence-corrected chi connectivity index (χ2v) is 8.35. The van der Waals surface area contributed by atoms with Crippen molar-refractivity contribution in [3.63, 3.8) is 0 Å². The number of nitrogen functional groups attached to an aromatic ring is 1. The van der Waals surface area contributed by atoms with E-state index in [1.807, 2.05) is 0 Å². The number of benzene rings is 2. The Morgan fingerprint density at radius 2 is 1.70 bits per heavy atom. The predicted molar refractivity (Wildman–Crippen MR) is 122 cm³/mol. The highest BCUT2D eigenvalue weighted by molar-refractivity contribution is 5.97. The van der Waals surface area contributed by atoms with Crippen molar-refractivity contribution in [2.75, 3.05) is 25.4 Å². The van der Waals surface area contributed by atoms with Crippen LogP contribution in [0.15, 0.2) is 42.5 Å². The quantitative estimate of drug-likeness (QED) is 0.528. The van der Waals surface area contributed by atoms with E-state index >= 15 is 0 Å². The molecule has 3 heterocycles. The van der Waals surface area contributed by atoms with E-state index in [4.69, 9.17) is 10.5 Å². The third kappa shape index (κ3) is 4.26. The Kier molecular flexibility index (Phi) is 5.68. The molecule has 1 fully saturated rings. The monoisotopic (exact) mass is 450 g/mol. The standard InChI is InChI=1S/C25H24F2N4O2/c26-22-13-19-15(5-10-30-25(19)32)11-20(22)21-12-18(23(27)31-24(21)28)14-1-3-16(4-2-14)33-17-6-8-29-9-7-17/h1-4,11-13,17,29H,5-10H2,(H2,28,31)(H,30,32). The summed E-state index contributed by atoms with van der Waals surface area (Å²) >= 11 is 0. The molecule has 8 heteroatoms.